The Hall–Kier alpha value is -1.17. The normalized spacial score (nSPS) is 20.7. The van der Waals surface area contributed by atoms with Crippen LogP contribution in [-0.4, -0.2) is 29.1 Å². The molecular formula is C17H18BrNO2S. The zero-order valence-electron chi connectivity index (χ0n) is 12.1. The van der Waals surface area contributed by atoms with Gasteiger partial charge in [0.25, 0.3) is 0 Å². The number of carbonyl (C=O) groups is 1. The molecule has 0 radical (unpaired) electrons. The monoisotopic (exact) mass is 379 g/mol. The summed E-state index contributed by atoms with van der Waals surface area (Å²) in [7, 11) is 0. The summed E-state index contributed by atoms with van der Waals surface area (Å²) in [5.41, 5.74) is 2.44. The van der Waals surface area contributed by atoms with Gasteiger partial charge in [0, 0.05) is 11.0 Å². The number of likely N-dealkylation sites (tertiary alicyclic amines) is 1. The Kier molecular flexibility index (Phi) is 4.96. The van der Waals surface area contributed by atoms with Gasteiger partial charge in [-0.1, -0.05) is 34.1 Å². The van der Waals surface area contributed by atoms with Gasteiger partial charge in [-0.15, -0.1) is 0 Å². The highest BCUT2D eigenvalue weighted by molar-refractivity contribution is 9.10. The molecule has 22 heavy (non-hydrogen) atoms. The third-order valence-corrected chi connectivity index (χ3v) is 5.65. The smallest absolute Gasteiger partial charge is 0.307 e. The van der Waals surface area contributed by atoms with E-state index in [1.807, 2.05) is 18.2 Å². The molecule has 116 valence electrons. The highest BCUT2D eigenvalue weighted by Gasteiger charge is 2.32. The topological polar surface area (TPSA) is 40.5 Å². The lowest BCUT2D eigenvalue weighted by atomic mass is 9.92. The summed E-state index contributed by atoms with van der Waals surface area (Å²) in [5, 5.41) is 13.6. The number of aliphatic carboxylic acids is 1. The third-order valence-electron chi connectivity index (χ3n) is 4.23. The molecule has 0 bridgehead atoms. The molecular weight excluding hydrogens is 362 g/mol. The molecule has 1 aromatic carbocycles. The van der Waals surface area contributed by atoms with Gasteiger partial charge in [0.1, 0.15) is 0 Å². The molecule has 0 amide bonds. The molecule has 2 aromatic rings. The fraction of sp³-hybridized carbons (Fsp3) is 0.353. The summed E-state index contributed by atoms with van der Waals surface area (Å²) in [4.78, 5) is 13.7. The maximum Gasteiger partial charge on any atom is 0.307 e. The van der Waals surface area contributed by atoms with Crippen molar-refractivity contribution in [3.63, 3.8) is 0 Å². The lowest BCUT2D eigenvalue weighted by Crippen LogP contribution is -2.41. The van der Waals surface area contributed by atoms with Crippen molar-refractivity contribution in [1.82, 2.24) is 4.90 Å². The first-order valence-electron chi connectivity index (χ1n) is 7.40. The van der Waals surface area contributed by atoms with Crippen molar-refractivity contribution in [2.45, 2.75) is 18.9 Å². The third kappa shape index (κ3) is 3.26. The number of benzene rings is 1. The van der Waals surface area contributed by atoms with Crippen molar-refractivity contribution < 1.29 is 9.90 Å². The Morgan fingerprint density at radius 1 is 1.36 bits per heavy atom. The van der Waals surface area contributed by atoms with Gasteiger partial charge in [0.05, 0.1) is 12.0 Å². The Morgan fingerprint density at radius 3 is 2.86 bits per heavy atom. The summed E-state index contributed by atoms with van der Waals surface area (Å²) in [6.45, 7) is 1.54. The van der Waals surface area contributed by atoms with Crippen LogP contribution in [0.2, 0.25) is 0 Å². The number of rotatable bonds is 4. The van der Waals surface area contributed by atoms with E-state index in [4.69, 9.17) is 0 Å². The zero-order valence-corrected chi connectivity index (χ0v) is 14.5. The van der Waals surface area contributed by atoms with Gasteiger partial charge in [-0.25, -0.2) is 0 Å². The molecule has 0 spiro atoms. The van der Waals surface area contributed by atoms with Crippen molar-refractivity contribution in [3.8, 4) is 0 Å². The molecule has 2 unspecified atom stereocenters. The average molecular weight is 380 g/mol. The van der Waals surface area contributed by atoms with E-state index < -0.39 is 5.97 Å². The van der Waals surface area contributed by atoms with E-state index in [9.17, 15) is 9.90 Å². The van der Waals surface area contributed by atoms with Crippen molar-refractivity contribution >= 4 is 33.2 Å². The van der Waals surface area contributed by atoms with Gasteiger partial charge in [0.2, 0.25) is 0 Å². The first-order valence-corrected chi connectivity index (χ1v) is 9.14. The minimum Gasteiger partial charge on any atom is -0.481 e. The van der Waals surface area contributed by atoms with Gasteiger partial charge >= 0.3 is 5.97 Å². The molecule has 1 aromatic heterocycles. The van der Waals surface area contributed by atoms with Gasteiger partial charge in [0.15, 0.2) is 0 Å². The Morgan fingerprint density at radius 2 is 2.18 bits per heavy atom. The van der Waals surface area contributed by atoms with E-state index in [0.717, 1.165) is 23.9 Å². The predicted octanol–water partition coefficient (Wildman–Crippen LogP) is 4.40. The minimum atomic E-state index is -0.680. The molecule has 0 aliphatic carbocycles. The molecule has 1 N–H and O–H groups in total. The average Bonchev–Trinajstić information content (AvgIpc) is 3.04. The van der Waals surface area contributed by atoms with E-state index in [0.29, 0.717) is 6.54 Å². The second-order valence-corrected chi connectivity index (χ2v) is 7.29. The van der Waals surface area contributed by atoms with Gasteiger partial charge in [-0.3, -0.25) is 9.69 Å². The van der Waals surface area contributed by atoms with Crippen LogP contribution in [0, 0.1) is 5.92 Å². The van der Waals surface area contributed by atoms with Crippen molar-refractivity contribution in [1.29, 1.82) is 0 Å². The van der Waals surface area contributed by atoms with E-state index in [-0.39, 0.29) is 12.0 Å². The lowest BCUT2D eigenvalue weighted by Gasteiger charge is -2.37. The SMILES string of the molecule is O=C(O)C1CCCN(C(c2ccsc2)c2ccccc2Br)C1. The van der Waals surface area contributed by atoms with Crippen LogP contribution in [0.15, 0.2) is 45.6 Å². The molecule has 2 heterocycles. The van der Waals surface area contributed by atoms with Gasteiger partial charge in [-0.05, 0) is 53.4 Å². The maximum absolute atomic E-state index is 11.4. The summed E-state index contributed by atoms with van der Waals surface area (Å²) in [6, 6.07) is 10.5. The quantitative estimate of drug-likeness (QED) is 0.855. The zero-order chi connectivity index (χ0) is 15.5. The maximum atomic E-state index is 11.4. The first kappa shape index (κ1) is 15.7. The highest BCUT2D eigenvalue weighted by atomic mass is 79.9. The molecule has 1 fully saturated rings. The number of carboxylic acids is 1. The molecule has 1 aliphatic rings. The van der Waals surface area contributed by atoms with Gasteiger partial charge in [-0.2, -0.15) is 11.3 Å². The summed E-state index contributed by atoms with van der Waals surface area (Å²) >= 11 is 5.33. The van der Waals surface area contributed by atoms with Crippen molar-refractivity contribution in [3.05, 3.63) is 56.7 Å². The predicted molar refractivity (Wildman–Crippen MR) is 92.2 cm³/mol. The highest BCUT2D eigenvalue weighted by Crippen LogP contribution is 2.36. The number of nitrogens with zero attached hydrogens (tertiary/aromatic N) is 1. The number of piperidine rings is 1. The van der Waals surface area contributed by atoms with Crippen LogP contribution >= 0.6 is 27.3 Å². The van der Waals surface area contributed by atoms with Crippen LogP contribution in [-0.2, 0) is 4.79 Å². The van der Waals surface area contributed by atoms with E-state index in [1.54, 1.807) is 11.3 Å². The Bertz CT molecular complexity index is 644. The van der Waals surface area contributed by atoms with E-state index >= 15 is 0 Å². The standard InChI is InChI=1S/C17H18BrNO2S/c18-15-6-2-1-5-14(15)16(13-7-9-22-11-13)19-8-3-4-12(10-19)17(20)21/h1-2,5-7,9,11-12,16H,3-4,8,10H2,(H,20,21). The fourth-order valence-electron chi connectivity index (χ4n) is 3.16. The molecule has 1 aliphatic heterocycles. The second kappa shape index (κ2) is 6.94. The van der Waals surface area contributed by atoms with Crippen LogP contribution < -0.4 is 0 Å². The van der Waals surface area contributed by atoms with Gasteiger partial charge < -0.3 is 5.11 Å². The summed E-state index contributed by atoms with van der Waals surface area (Å²) < 4.78 is 1.07. The summed E-state index contributed by atoms with van der Waals surface area (Å²) in [6.07, 6.45) is 1.71. The van der Waals surface area contributed by atoms with Crippen LogP contribution in [0.1, 0.15) is 30.0 Å². The summed E-state index contributed by atoms with van der Waals surface area (Å²) in [5.74, 6) is -0.946. The number of carboxylic acid groups (broad SMARTS) is 1. The van der Waals surface area contributed by atoms with Crippen LogP contribution in [0.4, 0.5) is 0 Å². The molecule has 0 saturated carbocycles. The fourth-order valence-corrected chi connectivity index (χ4v) is 4.34. The number of halogens is 1. The molecule has 1 saturated heterocycles. The Balaban J connectivity index is 1.96. The minimum absolute atomic E-state index is 0.115. The van der Waals surface area contributed by atoms with E-state index in [1.165, 1.54) is 11.1 Å². The van der Waals surface area contributed by atoms with E-state index in [2.05, 4.69) is 43.7 Å². The molecule has 2 atom stereocenters. The molecule has 3 nitrogen and oxygen atoms in total. The van der Waals surface area contributed by atoms with Crippen LogP contribution in [0.3, 0.4) is 0 Å². The second-order valence-electron chi connectivity index (χ2n) is 5.65. The number of thiophene rings is 1. The number of hydrogen-bond donors (Lipinski definition) is 1. The van der Waals surface area contributed by atoms with Crippen molar-refractivity contribution in [2.75, 3.05) is 13.1 Å². The lowest BCUT2D eigenvalue weighted by molar-refractivity contribution is -0.143. The van der Waals surface area contributed by atoms with Crippen LogP contribution in [0.5, 0.6) is 0 Å². The van der Waals surface area contributed by atoms with Crippen molar-refractivity contribution in [2.24, 2.45) is 5.92 Å². The molecule has 5 heteroatoms. The Labute approximate surface area is 142 Å². The van der Waals surface area contributed by atoms with Crippen LogP contribution in [0.25, 0.3) is 0 Å². The largest absolute Gasteiger partial charge is 0.481 e. The molecule has 3 rings (SSSR count). The number of hydrogen-bond acceptors (Lipinski definition) is 3. The first-order chi connectivity index (χ1) is 10.7.